The largest absolute Gasteiger partial charge is 0.481 e. The van der Waals surface area contributed by atoms with Gasteiger partial charge in [-0.05, 0) is 24.6 Å². The zero-order valence-electron chi connectivity index (χ0n) is 11.1. The molecule has 1 aromatic carbocycles. The lowest BCUT2D eigenvalue weighted by Gasteiger charge is -2.23. The maximum Gasteiger partial charge on any atom is 0.305 e. The minimum absolute atomic E-state index is 0.0718. The molecule has 3 N–H and O–H groups in total. The Hall–Kier alpha value is -1.88. The molecule has 1 amide bonds. The number of nitrogens with two attached hydrogens (primary N) is 1. The molecule has 1 unspecified atom stereocenters. The van der Waals surface area contributed by atoms with Gasteiger partial charge in [-0.1, -0.05) is 25.1 Å². The number of carbonyl (C=O) groups excluding carboxylic acids is 1. The quantitative estimate of drug-likeness (QED) is 0.781. The second kappa shape index (κ2) is 7.53. The molecule has 1 rings (SSSR count). The molecule has 0 saturated heterocycles. The van der Waals surface area contributed by atoms with Crippen molar-refractivity contribution in [3.05, 3.63) is 30.3 Å². The van der Waals surface area contributed by atoms with E-state index >= 15 is 0 Å². The summed E-state index contributed by atoms with van der Waals surface area (Å²) >= 11 is 0. The highest BCUT2D eigenvalue weighted by molar-refractivity contribution is 5.93. The number of anilines is 1. The van der Waals surface area contributed by atoms with E-state index in [0.29, 0.717) is 13.0 Å². The lowest BCUT2D eigenvalue weighted by molar-refractivity contribution is -0.136. The van der Waals surface area contributed by atoms with Crippen LogP contribution in [0.3, 0.4) is 0 Å². The van der Waals surface area contributed by atoms with Crippen molar-refractivity contribution in [2.45, 2.75) is 19.8 Å². The predicted octanol–water partition coefficient (Wildman–Crippen LogP) is 1.48. The van der Waals surface area contributed by atoms with Crippen LogP contribution in [-0.2, 0) is 9.59 Å². The van der Waals surface area contributed by atoms with E-state index < -0.39 is 5.97 Å². The number of benzene rings is 1. The van der Waals surface area contributed by atoms with E-state index in [2.05, 4.69) is 0 Å². The molecule has 1 atom stereocenters. The molecule has 0 aliphatic carbocycles. The monoisotopic (exact) mass is 264 g/mol. The van der Waals surface area contributed by atoms with E-state index in [-0.39, 0.29) is 24.8 Å². The van der Waals surface area contributed by atoms with Crippen molar-refractivity contribution < 1.29 is 14.7 Å². The molecule has 0 heterocycles. The van der Waals surface area contributed by atoms with Crippen LogP contribution in [0.25, 0.3) is 0 Å². The van der Waals surface area contributed by atoms with Crippen LogP contribution in [0.1, 0.15) is 19.8 Å². The zero-order valence-corrected chi connectivity index (χ0v) is 11.1. The number of carboxylic acids is 1. The topological polar surface area (TPSA) is 83.6 Å². The van der Waals surface area contributed by atoms with Gasteiger partial charge in [-0.3, -0.25) is 9.59 Å². The normalized spacial score (nSPS) is 11.9. The fourth-order valence-electron chi connectivity index (χ4n) is 1.70. The van der Waals surface area contributed by atoms with E-state index in [1.54, 1.807) is 12.1 Å². The summed E-state index contributed by atoms with van der Waals surface area (Å²) in [5.74, 6) is -0.922. The van der Waals surface area contributed by atoms with E-state index in [0.717, 1.165) is 5.69 Å². The first kappa shape index (κ1) is 15.2. The van der Waals surface area contributed by atoms with E-state index in [1.165, 1.54) is 4.90 Å². The summed E-state index contributed by atoms with van der Waals surface area (Å²) in [4.78, 5) is 24.4. The van der Waals surface area contributed by atoms with Crippen LogP contribution >= 0.6 is 0 Å². The zero-order chi connectivity index (χ0) is 14.3. The highest BCUT2D eigenvalue weighted by Crippen LogP contribution is 2.16. The van der Waals surface area contributed by atoms with Gasteiger partial charge in [0.1, 0.15) is 0 Å². The van der Waals surface area contributed by atoms with Crippen molar-refractivity contribution in [1.29, 1.82) is 0 Å². The Bertz CT molecular complexity index is 420. The van der Waals surface area contributed by atoms with Gasteiger partial charge in [0, 0.05) is 18.7 Å². The van der Waals surface area contributed by atoms with Crippen LogP contribution in [-0.4, -0.2) is 30.1 Å². The minimum Gasteiger partial charge on any atom is -0.481 e. The number of hydrogen-bond acceptors (Lipinski definition) is 3. The average Bonchev–Trinajstić information content (AvgIpc) is 2.39. The molecular formula is C14H20N2O3. The van der Waals surface area contributed by atoms with Gasteiger partial charge in [-0.15, -0.1) is 0 Å². The number of para-hydroxylation sites is 1. The van der Waals surface area contributed by atoms with Crippen molar-refractivity contribution in [3.63, 3.8) is 0 Å². The van der Waals surface area contributed by atoms with Crippen LogP contribution in [0.5, 0.6) is 0 Å². The van der Waals surface area contributed by atoms with Crippen LogP contribution in [0.2, 0.25) is 0 Å². The molecule has 0 aliphatic rings. The van der Waals surface area contributed by atoms with E-state index in [4.69, 9.17) is 10.8 Å². The van der Waals surface area contributed by atoms with Crippen LogP contribution < -0.4 is 10.6 Å². The third kappa shape index (κ3) is 5.09. The maximum atomic E-state index is 12.2. The van der Waals surface area contributed by atoms with Crippen molar-refractivity contribution in [2.24, 2.45) is 11.7 Å². The Morgan fingerprint density at radius 2 is 1.95 bits per heavy atom. The fourth-order valence-corrected chi connectivity index (χ4v) is 1.70. The van der Waals surface area contributed by atoms with Gasteiger partial charge in [-0.2, -0.15) is 0 Å². The smallest absolute Gasteiger partial charge is 0.305 e. The van der Waals surface area contributed by atoms with Gasteiger partial charge in [0.15, 0.2) is 0 Å². The number of carboxylic acid groups (broad SMARTS) is 1. The molecule has 0 spiro atoms. The molecule has 0 aliphatic heterocycles. The second-order valence-electron chi connectivity index (χ2n) is 4.57. The summed E-state index contributed by atoms with van der Waals surface area (Å²) in [5.41, 5.74) is 6.24. The highest BCUT2D eigenvalue weighted by Gasteiger charge is 2.18. The molecule has 1 aromatic rings. The molecule has 0 radical (unpaired) electrons. The van der Waals surface area contributed by atoms with Crippen molar-refractivity contribution >= 4 is 17.6 Å². The number of amides is 1. The minimum atomic E-state index is -0.916. The third-order valence-corrected chi connectivity index (χ3v) is 2.84. The lowest BCUT2D eigenvalue weighted by Crippen LogP contribution is -2.34. The molecule has 0 fully saturated rings. The average molecular weight is 264 g/mol. The first-order valence-electron chi connectivity index (χ1n) is 6.32. The van der Waals surface area contributed by atoms with E-state index in [9.17, 15) is 9.59 Å². The highest BCUT2D eigenvalue weighted by atomic mass is 16.4. The first-order valence-corrected chi connectivity index (χ1v) is 6.32. The Morgan fingerprint density at radius 3 is 2.47 bits per heavy atom. The predicted molar refractivity (Wildman–Crippen MR) is 73.9 cm³/mol. The Kier molecular flexibility index (Phi) is 6.02. The number of carbonyl (C=O) groups is 2. The maximum absolute atomic E-state index is 12.2. The molecule has 0 aromatic heterocycles. The van der Waals surface area contributed by atoms with Crippen molar-refractivity contribution in [3.8, 4) is 0 Å². The fraction of sp³-hybridized carbons (Fsp3) is 0.429. The summed E-state index contributed by atoms with van der Waals surface area (Å²) in [6, 6.07) is 9.09. The summed E-state index contributed by atoms with van der Waals surface area (Å²) in [7, 11) is 0. The molecule has 19 heavy (non-hydrogen) atoms. The molecule has 0 bridgehead atoms. The van der Waals surface area contributed by atoms with Gasteiger partial charge in [-0.25, -0.2) is 0 Å². The number of hydrogen-bond donors (Lipinski definition) is 2. The van der Waals surface area contributed by atoms with Gasteiger partial charge in [0.25, 0.3) is 0 Å². The first-order chi connectivity index (χ1) is 9.04. The van der Waals surface area contributed by atoms with Gasteiger partial charge in [0.05, 0.1) is 6.42 Å². The molecule has 0 saturated carbocycles. The molecular weight excluding hydrogens is 244 g/mol. The van der Waals surface area contributed by atoms with Crippen LogP contribution in [0, 0.1) is 5.92 Å². The van der Waals surface area contributed by atoms with Crippen molar-refractivity contribution in [1.82, 2.24) is 0 Å². The molecule has 104 valence electrons. The Morgan fingerprint density at radius 1 is 1.32 bits per heavy atom. The molecule has 5 nitrogen and oxygen atoms in total. The standard InChI is InChI=1S/C14H20N2O3/c1-11(10-15)9-13(17)16(8-7-14(18)19)12-5-3-2-4-6-12/h2-6,11H,7-10,15H2,1H3,(H,18,19). The SMILES string of the molecule is CC(CN)CC(=O)N(CCC(=O)O)c1ccccc1. The summed E-state index contributed by atoms with van der Waals surface area (Å²) in [5, 5.41) is 8.76. The summed E-state index contributed by atoms with van der Waals surface area (Å²) in [6.45, 7) is 2.51. The Balaban J connectivity index is 2.80. The van der Waals surface area contributed by atoms with Crippen LogP contribution in [0.4, 0.5) is 5.69 Å². The molecule has 5 heteroatoms. The second-order valence-corrected chi connectivity index (χ2v) is 4.57. The van der Waals surface area contributed by atoms with E-state index in [1.807, 2.05) is 25.1 Å². The lowest BCUT2D eigenvalue weighted by atomic mass is 10.1. The number of aliphatic carboxylic acids is 1. The van der Waals surface area contributed by atoms with Gasteiger partial charge < -0.3 is 15.7 Å². The third-order valence-electron chi connectivity index (χ3n) is 2.84. The number of nitrogens with zero attached hydrogens (tertiary/aromatic N) is 1. The number of rotatable bonds is 7. The van der Waals surface area contributed by atoms with Crippen LogP contribution in [0.15, 0.2) is 30.3 Å². The summed E-state index contributed by atoms with van der Waals surface area (Å²) < 4.78 is 0. The van der Waals surface area contributed by atoms with Crippen molar-refractivity contribution in [2.75, 3.05) is 18.0 Å². The van der Waals surface area contributed by atoms with Gasteiger partial charge in [0.2, 0.25) is 5.91 Å². The van der Waals surface area contributed by atoms with Gasteiger partial charge >= 0.3 is 5.97 Å². The summed E-state index contributed by atoms with van der Waals surface area (Å²) in [6.07, 6.45) is 0.253. The Labute approximate surface area is 113 Å².